The molecule has 1 aliphatic rings. The number of hydrogen-bond acceptors (Lipinski definition) is 5. The maximum absolute atomic E-state index is 11.1. The molecule has 100 valence electrons. The molecule has 0 spiro atoms. The summed E-state index contributed by atoms with van der Waals surface area (Å²) in [4.78, 5) is 30.9. The van der Waals surface area contributed by atoms with Gasteiger partial charge in [0.05, 0.1) is 24.1 Å². The van der Waals surface area contributed by atoms with Crippen LogP contribution in [-0.4, -0.2) is 34.2 Å². The van der Waals surface area contributed by atoms with Gasteiger partial charge in [-0.1, -0.05) is 6.08 Å². The summed E-state index contributed by atoms with van der Waals surface area (Å²) in [5.41, 5.74) is 3.55. The Morgan fingerprint density at radius 1 is 1.37 bits per heavy atom. The third-order valence-electron chi connectivity index (χ3n) is 2.77. The predicted octanol–water partition coefficient (Wildman–Crippen LogP) is 0.916. The molecule has 0 saturated heterocycles. The molecule has 0 unspecified atom stereocenters. The number of pyridine rings is 1. The molecule has 1 aromatic heterocycles. The Kier molecular flexibility index (Phi) is 3.48. The molecule has 0 saturated carbocycles. The molecule has 3 N–H and O–H groups in total. The van der Waals surface area contributed by atoms with E-state index >= 15 is 0 Å². The summed E-state index contributed by atoms with van der Waals surface area (Å²) < 4.78 is 0. The number of fused-ring (bicyclic) bond motifs is 1. The fraction of sp³-hybridized carbons (Fsp3) is 0.250. The van der Waals surface area contributed by atoms with Gasteiger partial charge >= 0.3 is 11.9 Å². The van der Waals surface area contributed by atoms with Crippen LogP contribution in [0.2, 0.25) is 0 Å². The summed E-state index contributed by atoms with van der Waals surface area (Å²) in [6.07, 6.45) is 3.08. The molecule has 1 heterocycles. The topological polar surface area (TPSA) is 109 Å². The van der Waals surface area contributed by atoms with Gasteiger partial charge in [0.25, 0.3) is 0 Å². The lowest BCUT2D eigenvalue weighted by atomic mass is 9.97. The number of nitrogens with one attached hydrogen (secondary N) is 1. The number of hydroxylamine groups is 1. The molecule has 7 heteroatoms. The van der Waals surface area contributed by atoms with E-state index in [1.54, 1.807) is 0 Å². The molecule has 0 atom stereocenters. The Morgan fingerprint density at radius 2 is 2.11 bits per heavy atom. The van der Waals surface area contributed by atoms with Crippen molar-refractivity contribution in [2.75, 3.05) is 7.11 Å². The number of nitrogens with zero attached hydrogens (tertiary/aromatic N) is 1. The van der Waals surface area contributed by atoms with E-state index in [-0.39, 0.29) is 5.56 Å². The van der Waals surface area contributed by atoms with Crippen LogP contribution < -0.4 is 5.48 Å². The average molecular weight is 264 g/mol. The molecule has 0 amide bonds. The second-order valence-electron chi connectivity index (χ2n) is 3.95. The molecule has 0 fully saturated rings. The Morgan fingerprint density at radius 3 is 2.68 bits per heavy atom. The highest BCUT2D eigenvalue weighted by Gasteiger charge is 2.24. The number of carbonyl (C=O) groups is 2. The van der Waals surface area contributed by atoms with Gasteiger partial charge in [0, 0.05) is 5.56 Å². The summed E-state index contributed by atoms with van der Waals surface area (Å²) in [7, 11) is 1.44. The first kappa shape index (κ1) is 13.0. The lowest BCUT2D eigenvalue weighted by Crippen LogP contribution is -2.19. The van der Waals surface area contributed by atoms with Gasteiger partial charge in [-0.25, -0.2) is 14.6 Å². The Labute approximate surface area is 108 Å². The molecule has 1 aromatic rings. The largest absolute Gasteiger partial charge is 0.478 e. The van der Waals surface area contributed by atoms with Gasteiger partial charge in [-0.05, 0) is 18.9 Å². The van der Waals surface area contributed by atoms with E-state index in [4.69, 9.17) is 15.1 Å². The van der Waals surface area contributed by atoms with Gasteiger partial charge in [0.15, 0.2) is 5.69 Å². The number of carboxylic acid groups (broad SMARTS) is 2. The number of aromatic carboxylic acids is 2. The normalized spacial score (nSPS) is 13.4. The van der Waals surface area contributed by atoms with Gasteiger partial charge < -0.3 is 10.2 Å². The quantitative estimate of drug-likeness (QED) is 0.693. The zero-order chi connectivity index (χ0) is 14.0. The molecule has 7 nitrogen and oxygen atoms in total. The molecule has 0 aliphatic heterocycles. The summed E-state index contributed by atoms with van der Waals surface area (Å²) in [5, 5.41) is 18.1. The van der Waals surface area contributed by atoms with E-state index in [2.05, 4.69) is 10.5 Å². The molecule has 0 aromatic carbocycles. The zero-order valence-electron chi connectivity index (χ0n) is 10.1. The minimum atomic E-state index is -1.35. The van der Waals surface area contributed by atoms with Gasteiger partial charge in [-0.2, -0.15) is 0 Å². The van der Waals surface area contributed by atoms with Crippen molar-refractivity contribution in [2.24, 2.45) is 0 Å². The van der Waals surface area contributed by atoms with E-state index in [1.165, 1.54) is 13.2 Å². The fourth-order valence-corrected chi connectivity index (χ4v) is 1.97. The minimum Gasteiger partial charge on any atom is -0.478 e. The number of hydrogen-bond donors (Lipinski definition) is 3. The standard InChI is InChI=1S/C12H12N2O5/c1-19-14-9-4-2-3-8-6(9)5-7(11(15)16)10(13-8)12(17)18/h4-5,14H,2-3H2,1H3,(H,15,16)(H,17,18). The maximum Gasteiger partial charge on any atom is 0.355 e. The van der Waals surface area contributed by atoms with Crippen LogP contribution in [0, 0.1) is 0 Å². The average Bonchev–Trinajstić information content (AvgIpc) is 2.37. The van der Waals surface area contributed by atoms with Crippen LogP contribution in [0.3, 0.4) is 0 Å². The summed E-state index contributed by atoms with van der Waals surface area (Å²) in [5.74, 6) is -2.67. The monoisotopic (exact) mass is 264 g/mol. The number of aryl methyl sites for hydroxylation is 1. The van der Waals surface area contributed by atoms with Crippen LogP contribution >= 0.6 is 0 Å². The van der Waals surface area contributed by atoms with Crippen LogP contribution in [0.25, 0.3) is 5.70 Å². The Hall–Kier alpha value is -2.41. The fourth-order valence-electron chi connectivity index (χ4n) is 1.97. The van der Waals surface area contributed by atoms with Gasteiger partial charge in [0.1, 0.15) is 0 Å². The van der Waals surface area contributed by atoms with Crippen LogP contribution in [0.15, 0.2) is 12.1 Å². The van der Waals surface area contributed by atoms with Crippen molar-refractivity contribution in [3.05, 3.63) is 34.7 Å². The number of aromatic nitrogens is 1. The van der Waals surface area contributed by atoms with Crippen LogP contribution in [-0.2, 0) is 11.3 Å². The first-order chi connectivity index (χ1) is 9.04. The molecule has 0 radical (unpaired) electrons. The number of rotatable bonds is 4. The van der Waals surface area contributed by atoms with Crippen molar-refractivity contribution >= 4 is 17.6 Å². The van der Waals surface area contributed by atoms with E-state index in [0.717, 1.165) is 0 Å². The van der Waals surface area contributed by atoms with Gasteiger partial charge in [-0.15, -0.1) is 0 Å². The molecule has 0 bridgehead atoms. The van der Waals surface area contributed by atoms with E-state index in [0.29, 0.717) is 29.8 Å². The second kappa shape index (κ2) is 5.07. The minimum absolute atomic E-state index is 0.336. The third kappa shape index (κ3) is 2.41. The smallest absolute Gasteiger partial charge is 0.355 e. The van der Waals surface area contributed by atoms with Crippen molar-refractivity contribution in [3.8, 4) is 0 Å². The van der Waals surface area contributed by atoms with Crippen molar-refractivity contribution in [2.45, 2.75) is 12.8 Å². The Bertz CT molecular complexity index is 580. The van der Waals surface area contributed by atoms with Crippen molar-refractivity contribution in [1.29, 1.82) is 0 Å². The first-order valence-corrected chi connectivity index (χ1v) is 5.54. The third-order valence-corrected chi connectivity index (χ3v) is 2.77. The van der Waals surface area contributed by atoms with E-state index in [9.17, 15) is 9.59 Å². The van der Waals surface area contributed by atoms with E-state index < -0.39 is 17.6 Å². The molecule has 19 heavy (non-hydrogen) atoms. The van der Waals surface area contributed by atoms with E-state index in [1.807, 2.05) is 6.08 Å². The van der Waals surface area contributed by atoms with Gasteiger partial charge in [-0.3, -0.25) is 10.3 Å². The first-order valence-electron chi connectivity index (χ1n) is 5.54. The van der Waals surface area contributed by atoms with Crippen molar-refractivity contribution in [3.63, 3.8) is 0 Å². The summed E-state index contributed by atoms with van der Waals surface area (Å²) in [6, 6.07) is 1.31. The predicted molar refractivity (Wildman–Crippen MR) is 64.6 cm³/mol. The SMILES string of the molecule is CONC1=CCCc2nc(C(=O)O)c(C(=O)O)cc21. The van der Waals surface area contributed by atoms with Crippen molar-refractivity contribution < 1.29 is 24.6 Å². The van der Waals surface area contributed by atoms with Crippen LogP contribution in [0.5, 0.6) is 0 Å². The number of carboxylic acids is 2. The molecule has 1 aliphatic carbocycles. The zero-order valence-corrected chi connectivity index (χ0v) is 10.1. The number of allylic oxidation sites excluding steroid dienone is 1. The summed E-state index contributed by atoms with van der Waals surface area (Å²) in [6.45, 7) is 0. The molecular formula is C12H12N2O5. The Balaban J connectivity index is 2.60. The van der Waals surface area contributed by atoms with Crippen molar-refractivity contribution in [1.82, 2.24) is 10.5 Å². The highest BCUT2D eigenvalue weighted by atomic mass is 16.6. The highest BCUT2D eigenvalue weighted by molar-refractivity contribution is 6.01. The summed E-state index contributed by atoms with van der Waals surface area (Å²) >= 11 is 0. The van der Waals surface area contributed by atoms with Crippen LogP contribution in [0.4, 0.5) is 0 Å². The lowest BCUT2D eigenvalue weighted by molar-refractivity contribution is 0.0646. The molecule has 2 rings (SSSR count). The van der Waals surface area contributed by atoms with Crippen LogP contribution in [0.1, 0.15) is 38.5 Å². The second-order valence-corrected chi connectivity index (χ2v) is 3.95. The highest BCUT2D eigenvalue weighted by Crippen LogP contribution is 2.25. The lowest BCUT2D eigenvalue weighted by Gasteiger charge is -2.18. The molecular weight excluding hydrogens is 252 g/mol. The maximum atomic E-state index is 11.1. The van der Waals surface area contributed by atoms with Gasteiger partial charge in [0.2, 0.25) is 0 Å².